The molecule has 0 spiro atoms. The molecule has 0 unspecified atom stereocenters. The van der Waals surface area contributed by atoms with E-state index in [0.29, 0.717) is 28.9 Å². The van der Waals surface area contributed by atoms with Crippen LogP contribution < -0.4 is 10.6 Å². The molecule has 3 heterocycles. The van der Waals surface area contributed by atoms with Crippen molar-refractivity contribution in [3.63, 3.8) is 0 Å². The molecule has 10 heteroatoms. The van der Waals surface area contributed by atoms with Crippen molar-refractivity contribution in [2.45, 2.75) is 12.8 Å². The number of hydrogen-bond donors (Lipinski definition) is 2. The van der Waals surface area contributed by atoms with E-state index in [-0.39, 0.29) is 36.1 Å². The van der Waals surface area contributed by atoms with Crippen molar-refractivity contribution < 1.29 is 9.53 Å². The van der Waals surface area contributed by atoms with Crippen molar-refractivity contribution in [2.24, 2.45) is 5.41 Å². The van der Waals surface area contributed by atoms with E-state index >= 15 is 0 Å². The summed E-state index contributed by atoms with van der Waals surface area (Å²) in [5.41, 5.74) is 0.00567. The Kier molecular flexibility index (Phi) is 9.38. The first kappa shape index (κ1) is 22.7. The molecule has 1 aliphatic rings. The van der Waals surface area contributed by atoms with Crippen molar-refractivity contribution in [2.75, 3.05) is 33.4 Å². The highest BCUT2D eigenvalue weighted by molar-refractivity contribution is 7.16. The van der Waals surface area contributed by atoms with Gasteiger partial charge in [0, 0.05) is 31.5 Å². The summed E-state index contributed by atoms with van der Waals surface area (Å²) in [7, 11) is 1.71. The molecule has 1 amide bonds. The Morgan fingerprint density at radius 2 is 1.96 bits per heavy atom. The minimum Gasteiger partial charge on any atom is -0.384 e. The summed E-state index contributed by atoms with van der Waals surface area (Å²) in [6.45, 7) is 3.17. The lowest BCUT2D eigenvalue weighted by Crippen LogP contribution is -2.47. The Balaban J connectivity index is 0.00000169. The normalized spacial score (nSPS) is 15.4. The number of amides is 1. The molecule has 0 saturated carbocycles. The van der Waals surface area contributed by atoms with Crippen LogP contribution >= 0.6 is 36.2 Å². The van der Waals surface area contributed by atoms with Crippen LogP contribution in [0.3, 0.4) is 0 Å². The summed E-state index contributed by atoms with van der Waals surface area (Å²) < 4.78 is 5.38. The molecule has 2 aromatic heterocycles. The van der Waals surface area contributed by atoms with E-state index in [4.69, 9.17) is 4.74 Å². The lowest BCUT2D eigenvalue weighted by atomic mass is 9.79. The molecule has 1 aliphatic heterocycles. The zero-order chi connectivity index (χ0) is 16.8. The molecule has 3 rings (SSSR count). The number of rotatable bonds is 6. The van der Waals surface area contributed by atoms with Crippen LogP contribution in [0.2, 0.25) is 0 Å². The van der Waals surface area contributed by atoms with E-state index < -0.39 is 0 Å². The number of nitrogens with one attached hydrogen (secondary N) is 2. The monoisotopic (exact) mass is 419 g/mol. The van der Waals surface area contributed by atoms with Crippen LogP contribution in [0.4, 0.5) is 0 Å². The second kappa shape index (κ2) is 10.7. The van der Waals surface area contributed by atoms with E-state index in [2.05, 4.69) is 25.6 Å². The fourth-order valence-corrected chi connectivity index (χ4v) is 3.66. The van der Waals surface area contributed by atoms with Gasteiger partial charge in [0.05, 0.1) is 12.8 Å². The van der Waals surface area contributed by atoms with Gasteiger partial charge < -0.3 is 15.4 Å². The van der Waals surface area contributed by atoms with Gasteiger partial charge in [-0.05, 0) is 32.0 Å². The second-order valence-electron chi connectivity index (χ2n) is 5.97. The van der Waals surface area contributed by atoms with Gasteiger partial charge in [-0.3, -0.25) is 4.79 Å². The van der Waals surface area contributed by atoms with Crippen molar-refractivity contribution >= 4 is 42.1 Å². The largest absolute Gasteiger partial charge is 0.384 e. The van der Waals surface area contributed by atoms with Crippen LogP contribution in [-0.2, 0) is 4.74 Å². The van der Waals surface area contributed by atoms with Gasteiger partial charge in [-0.2, -0.15) is 0 Å². The third-order valence-corrected chi connectivity index (χ3v) is 5.22. The number of halogens is 2. The number of methoxy groups -OCH3 is 1. The van der Waals surface area contributed by atoms with Crippen LogP contribution in [0, 0.1) is 5.41 Å². The summed E-state index contributed by atoms with van der Waals surface area (Å²) in [5.74, 6) is 0.430. The topological polar surface area (TPSA) is 89.0 Å². The standard InChI is InChI=1S/C16H21N5O2S.2ClH/c1-23-11-16(3-7-17-8-4-16)10-21-14(22)12-9-20-15(24-12)13-18-5-2-6-19-13;;/h2,5-6,9,17H,3-4,7-8,10-11H2,1H3,(H,21,22);2*1H. The first-order valence-electron chi connectivity index (χ1n) is 7.93. The smallest absolute Gasteiger partial charge is 0.263 e. The first-order chi connectivity index (χ1) is 11.7. The molecule has 1 fully saturated rings. The number of thiazole rings is 1. The van der Waals surface area contributed by atoms with Gasteiger partial charge in [-0.1, -0.05) is 0 Å². The molecule has 1 saturated heterocycles. The van der Waals surface area contributed by atoms with E-state index in [1.54, 1.807) is 31.8 Å². The van der Waals surface area contributed by atoms with Gasteiger partial charge in [-0.25, -0.2) is 15.0 Å². The number of carbonyl (C=O) groups is 1. The van der Waals surface area contributed by atoms with E-state index in [0.717, 1.165) is 25.9 Å². The van der Waals surface area contributed by atoms with E-state index in [1.165, 1.54) is 11.3 Å². The van der Waals surface area contributed by atoms with E-state index in [1.807, 2.05) is 0 Å². The molecule has 0 bridgehead atoms. The Morgan fingerprint density at radius 3 is 2.62 bits per heavy atom. The van der Waals surface area contributed by atoms with Gasteiger partial charge in [0.25, 0.3) is 5.91 Å². The average molecular weight is 420 g/mol. The molecule has 2 N–H and O–H groups in total. The van der Waals surface area contributed by atoms with Crippen LogP contribution in [0.5, 0.6) is 0 Å². The highest BCUT2D eigenvalue weighted by Gasteiger charge is 2.32. The zero-order valence-electron chi connectivity index (χ0n) is 14.4. The number of hydrogen-bond acceptors (Lipinski definition) is 7. The van der Waals surface area contributed by atoms with Gasteiger partial charge in [-0.15, -0.1) is 36.2 Å². The number of carbonyl (C=O) groups excluding carboxylic acids is 1. The van der Waals surface area contributed by atoms with Crippen LogP contribution in [0.15, 0.2) is 24.7 Å². The Bertz CT molecular complexity index is 675. The van der Waals surface area contributed by atoms with Crippen molar-refractivity contribution in [3.8, 4) is 10.8 Å². The predicted octanol–water partition coefficient (Wildman–Crippen LogP) is 2.19. The molecule has 7 nitrogen and oxygen atoms in total. The highest BCUT2D eigenvalue weighted by atomic mass is 35.5. The maximum Gasteiger partial charge on any atom is 0.263 e. The maximum absolute atomic E-state index is 12.4. The summed E-state index contributed by atoms with van der Waals surface area (Å²) in [6.07, 6.45) is 6.89. The molecule has 144 valence electrons. The van der Waals surface area contributed by atoms with Crippen molar-refractivity contribution in [1.29, 1.82) is 0 Å². The second-order valence-corrected chi connectivity index (χ2v) is 7.00. The summed E-state index contributed by atoms with van der Waals surface area (Å²) in [4.78, 5) is 25.6. The molecule has 0 aromatic carbocycles. The minimum atomic E-state index is -0.108. The minimum absolute atomic E-state index is 0. The van der Waals surface area contributed by atoms with Gasteiger partial charge in [0.15, 0.2) is 10.8 Å². The Labute approximate surface area is 169 Å². The number of piperidine rings is 1. The van der Waals surface area contributed by atoms with Crippen molar-refractivity contribution in [3.05, 3.63) is 29.5 Å². The third-order valence-electron chi connectivity index (χ3n) is 4.23. The number of aromatic nitrogens is 3. The van der Waals surface area contributed by atoms with Crippen LogP contribution in [0.25, 0.3) is 10.8 Å². The Morgan fingerprint density at radius 1 is 1.27 bits per heavy atom. The average Bonchev–Trinajstić information content (AvgIpc) is 3.12. The molecule has 0 radical (unpaired) electrons. The summed E-state index contributed by atoms with van der Waals surface area (Å²) in [6, 6.07) is 1.75. The quantitative estimate of drug-likeness (QED) is 0.745. The molecule has 0 aliphatic carbocycles. The van der Waals surface area contributed by atoms with Crippen LogP contribution in [-0.4, -0.2) is 54.2 Å². The van der Waals surface area contributed by atoms with Crippen LogP contribution in [0.1, 0.15) is 22.5 Å². The van der Waals surface area contributed by atoms with Gasteiger partial charge >= 0.3 is 0 Å². The fourth-order valence-electron chi connectivity index (χ4n) is 2.88. The molecule has 26 heavy (non-hydrogen) atoms. The van der Waals surface area contributed by atoms with Gasteiger partial charge in [0.1, 0.15) is 4.88 Å². The number of nitrogens with zero attached hydrogens (tertiary/aromatic N) is 3. The Hall–Kier alpha value is -1.32. The molecular formula is C16H23Cl2N5O2S. The lowest BCUT2D eigenvalue weighted by Gasteiger charge is -2.37. The maximum atomic E-state index is 12.4. The predicted molar refractivity (Wildman–Crippen MR) is 106 cm³/mol. The van der Waals surface area contributed by atoms with E-state index in [9.17, 15) is 4.79 Å². The molecule has 0 atom stereocenters. The van der Waals surface area contributed by atoms with Crippen molar-refractivity contribution in [1.82, 2.24) is 25.6 Å². The SMILES string of the molecule is COCC1(CNC(=O)c2cnc(-c3ncccn3)s2)CCNCC1.Cl.Cl. The summed E-state index contributed by atoms with van der Waals surface area (Å²) >= 11 is 1.30. The zero-order valence-corrected chi connectivity index (χ0v) is 16.9. The lowest BCUT2D eigenvalue weighted by molar-refractivity contribution is 0.0512. The first-order valence-corrected chi connectivity index (χ1v) is 8.75. The van der Waals surface area contributed by atoms with Gasteiger partial charge in [0.2, 0.25) is 0 Å². The fraction of sp³-hybridized carbons (Fsp3) is 0.500. The third kappa shape index (κ3) is 5.59. The highest BCUT2D eigenvalue weighted by Crippen LogP contribution is 2.28. The summed E-state index contributed by atoms with van der Waals surface area (Å²) in [5, 5.41) is 7.04. The molecule has 2 aromatic rings. The molecular weight excluding hydrogens is 397 g/mol. The number of ether oxygens (including phenoxy) is 1.